The van der Waals surface area contributed by atoms with Crippen LogP contribution < -0.4 is 68.4 Å². The number of amides is 1. The molecule has 4 aliphatic heterocycles. The van der Waals surface area contributed by atoms with E-state index in [2.05, 4.69) is 129 Å². The molecule has 0 unspecified atom stereocenters. The molecule has 0 radical (unpaired) electrons. The van der Waals surface area contributed by atoms with Gasteiger partial charge in [-0.3, -0.25) is 70.6 Å². The summed E-state index contributed by atoms with van der Waals surface area (Å²) in [6, 6.07) is 8.05. The predicted octanol–water partition coefficient (Wildman–Crippen LogP) is 5.94. The number of carbonyl (C=O) groups excluding carboxylic acids is 1. The number of carboxylic acids is 4. The molecule has 145 heavy (non-hydrogen) atoms. The summed E-state index contributed by atoms with van der Waals surface area (Å²) in [6.07, 6.45) is -20.3. The Morgan fingerprint density at radius 1 is 0.434 bits per heavy atom. The molecule has 4 aliphatic rings. The van der Waals surface area contributed by atoms with Crippen LogP contribution in [-0.2, 0) is 78.3 Å². The Balaban J connectivity index is 0.000000216. The van der Waals surface area contributed by atoms with Gasteiger partial charge in [0.05, 0.1) is 31.1 Å². The van der Waals surface area contributed by atoms with Gasteiger partial charge in [0, 0.05) is 181 Å². The summed E-state index contributed by atoms with van der Waals surface area (Å²) in [4.78, 5) is 166. The van der Waals surface area contributed by atoms with E-state index in [1.165, 1.54) is 86.6 Å². The second-order valence-electron chi connectivity index (χ2n) is 30.0. The number of halogens is 12. The van der Waals surface area contributed by atoms with E-state index in [9.17, 15) is 86.8 Å². The van der Waals surface area contributed by atoms with Crippen molar-refractivity contribution in [3.63, 3.8) is 0 Å². The minimum Gasteiger partial charge on any atom is -0.475 e. The number of nitro benzene ring substituents is 1. The van der Waals surface area contributed by atoms with Crippen LogP contribution in [0, 0.1) is 78.2 Å². The van der Waals surface area contributed by atoms with E-state index >= 15 is 0 Å². The monoisotopic (exact) mass is 2140 g/mol. The number of hydrogen-bond acceptors (Lipinski definition) is 36. The molecule has 4 saturated heterocycles. The van der Waals surface area contributed by atoms with Crippen LogP contribution >= 0.6 is 58.4 Å². The van der Waals surface area contributed by atoms with Crippen LogP contribution in [-0.4, -0.2) is 293 Å². The summed E-state index contributed by atoms with van der Waals surface area (Å²) in [6.45, 7) is 29.9. The van der Waals surface area contributed by atoms with Crippen molar-refractivity contribution in [3.8, 4) is 47.4 Å². The number of non-ortho nitro benzene ring substituents is 1. The molecule has 11 aromatic rings. The highest BCUT2D eigenvalue weighted by atomic mass is 32.2. The van der Waals surface area contributed by atoms with Crippen LogP contribution in [0.1, 0.15) is 51.0 Å². The summed E-state index contributed by atoms with van der Waals surface area (Å²) in [7, 11) is 6.81. The zero-order valence-electron chi connectivity index (χ0n) is 79.0. The molecular formula is C83H94F12N30O15S5. The summed E-state index contributed by atoms with van der Waals surface area (Å²) >= 11 is 6.75. The lowest BCUT2D eigenvalue weighted by Crippen LogP contribution is -2.44. The number of hydrogen-bond donors (Lipinski definition) is 9. The third kappa shape index (κ3) is 32.4. The number of aryl methyl sites for hydroxylation is 3. The minimum atomic E-state index is -5.08. The van der Waals surface area contributed by atoms with Gasteiger partial charge in [-0.05, 0) is 90.2 Å². The number of nitrogens with zero attached hydrogens (tertiary/aromatic N) is 25. The Labute approximate surface area is 834 Å². The van der Waals surface area contributed by atoms with Gasteiger partial charge in [0.15, 0.2) is 74.8 Å². The smallest absolute Gasteiger partial charge is 0.475 e. The number of benzene rings is 1. The number of carbonyl (C=O) groups is 5. The first-order valence-corrected chi connectivity index (χ1v) is 46.9. The fraction of sp³-hybridized carbons (Fsp3) is 0.458. The number of fused-ring (bicyclic) bond motifs is 4. The molecule has 1 aromatic carbocycles. The largest absolute Gasteiger partial charge is 0.490 e. The highest BCUT2D eigenvalue weighted by molar-refractivity contribution is 8.01. The summed E-state index contributed by atoms with van der Waals surface area (Å²) in [5.74, 6) is 16.2. The van der Waals surface area contributed by atoms with Crippen molar-refractivity contribution in [2.75, 3.05) is 137 Å². The zero-order chi connectivity index (χ0) is 107. The lowest BCUT2D eigenvalue weighted by molar-refractivity contribution is -0.384. The first kappa shape index (κ1) is 116. The Kier molecular flexibility index (Phi) is 42.4. The number of anilines is 4. The number of rotatable bonds is 19. The highest BCUT2D eigenvalue weighted by Crippen LogP contribution is 2.34. The second kappa shape index (κ2) is 52.9. The molecule has 780 valence electrons. The Morgan fingerprint density at radius 2 is 0.710 bits per heavy atom. The van der Waals surface area contributed by atoms with E-state index in [0.717, 1.165) is 148 Å². The van der Waals surface area contributed by atoms with E-state index in [1.807, 2.05) is 45.1 Å². The van der Waals surface area contributed by atoms with Crippen LogP contribution in [0.25, 0.3) is 44.7 Å². The number of aliphatic carboxylic acids is 4. The van der Waals surface area contributed by atoms with Gasteiger partial charge in [-0.1, -0.05) is 58.5 Å². The Morgan fingerprint density at radius 3 is 0.972 bits per heavy atom. The molecule has 1 amide bonds. The third-order valence-electron chi connectivity index (χ3n) is 19.7. The second-order valence-corrected chi connectivity index (χ2v) is 35.4. The Bertz CT molecular complexity index is 6920. The van der Waals surface area contributed by atoms with Gasteiger partial charge in [0.1, 0.15) is 5.01 Å². The van der Waals surface area contributed by atoms with Gasteiger partial charge in [-0.15, -0.1) is 33.9 Å². The van der Waals surface area contributed by atoms with E-state index in [0.29, 0.717) is 115 Å². The zero-order valence-corrected chi connectivity index (χ0v) is 83.1. The highest BCUT2D eigenvalue weighted by Gasteiger charge is 2.41. The maximum absolute atomic E-state index is 13.3. The first-order chi connectivity index (χ1) is 68.3. The minimum absolute atomic E-state index is 0.0121. The molecule has 14 heterocycles. The lowest BCUT2D eigenvalue weighted by atomic mass is 10.3. The van der Waals surface area contributed by atoms with Gasteiger partial charge >= 0.3 is 48.6 Å². The Hall–Kier alpha value is -14.2. The van der Waals surface area contributed by atoms with E-state index in [4.69, 9.17) is 64.5 Å². The molecule has 0 bridgehead atoms. The average Bonchev–Trinajstić information content (AvgIpc) is 1.62. The quantitative estimate of drug-likeness (QED) is 0.00859. The van der Waals surface area contributed by atoms with Crippen molar-refractivity contribution >= 4 is 162 Å². The molecule has 0 saturated carbocycles. The van der Waals surface area contributed by atoms with Crippen LogP contribution in [0.2, 0.25) is 0 Å². The predicted molar refractivity (Wildman–Crippen MR) is 511 cm³/mol. The normalized spacial score (nSPS) is 13.5. The molecule has 0 aliphatic carbocycles. The summed E-state index contributed by atoms with van der Waals surface area (Å²) in [5, 5.41) is 67.1. The van der Waals surface area contributed by atoms with E-state index in [-0.39, 0.29) is 33.8 Å². The van der Waals surface area contributed by atoms with Crippen LogP contribution in [0.15, 0.2) is 84.5 Å². The lowest BCUT2D eigenvalue weighted by Gasteiger charge is -2.28. The molecule has 9 N–H and O–H groups in total. The molecule has 0 atom stereocenters. The molecule has 0 spiro atoms. The van der Waals surface area contributed by atoms with Gasteiger partial charge in [0.25, 0.3) is 27.9 Å². The van der Waals surface area contributed by atoms with Crippen molar-refractivity contribution < 1.29 is 102 Å². The molecular weight excluding hydrogens is 2050 g/mol. The number of nitro groups is 1. The fourth-order valence-corrected chi connectivity index (χ4v) is 17.2. The molecule has 15 rings (SSSR count). The van der Waals surface area contributed by atoms with Crippen molar-refractivity contribution in [3.05, 3.63) is 98.3 Å². The van der Waals surface area contributed by atoms with Crippen LogP contribution in [0.5, 0.6) is 0 Å². The number of thioether (sulfide) groups is 1. The van der Waals surface area contributed by atoms with Gasteiger partial charge in [-0.25, -0.2) is 49.1 Å². The number of imidazole rings is 4. The van der Waals surface area contributed by atoms with Gasteiger partial charge in [0.2, 0.25) is 29.7 Å². The van der Waals surface area contributed by atoms with Gasteiger partial charge < -0.3 is 66.6 Å². The molecule has 62 heteroatoms. The fourth-order valence-electron chi connectivity index (χ4n) is 12.9. The van der Waals surface area contributed by atoms with Crippen LogP contribution in [0.4, 0.5) is 82.2 Å². The molecule has 4 fully saturated rings. The van der Waals surface area contributed by atoms with Gasteiger partial charge in [-0.2, -0.15) is 72.6 Å². The number of nitrogens with one attached hydrogen (secondary N) is 5. The maximum atomic E-state index is 13.3. The van der Waals surface area contributed by atoms with Crippen molar-refractivity contribution in [2.24, 2.45) is 28.2 Å². The van der Waals surface area contributed by atoms with E-state index in [1.54, 1.807) is 77.2 Å². The van der Waals surface area contributed by atoms with Crippen molar-refractivity contribution in [1.29, 1.82) is 0 Å². The number of piperazine rings is 4. The van der Waals surface area contributed by atoms with Crippen molar-refractivity contribution in [2.45, 2.75) is 141 Å². The summed E-state index contributed by atoms with van der Waals surface area (Å²) < 4.78 is 141. The van der Waals surface area contributed by atoms with E-state index < -0.39 is 53.5 Å². The average molecular weight is 2140 g/mol. The topological polar surface area (TPSA) is 545 Å². The number of carboxylic acid groups (broad SMARTS) is 4. The maximum Gasteiger partial charge on any atom is 0.490 e. The molecule has 45 nitrogen and oxygen atoms in total. The standard InChI is InChI=1S/C20H24N8OS.C20H21N7O3S.C18H25N7O2S.C17H20N8OS2.4C2HF3O2/c1-5-6-9-28-15-16(24-19(28)27-10-7-21-8-11-27)25-20(26(4)17(15)29)30-18-22-13(2)12-14(3)23-18;1-3-4-11-26-16-17(22-19(26)25-12-9-21-10-13-25)23-20(24(2)18(16)28)31-15-7-5-14(6-8-15)27(29)30;1-4-5-9-25-14-15(21-17(25)24-10-6-19-7-11-24)22-18(23(3)16(14)27)28-12-8-20-13(2)26;1-4-5-8-25-12-13(19-15(25)24-9-6-18-7-10-24)20-16(23(3)14(12)26)28-17-22-21-11(2)27-17;4*3-2(4,5)1(6)7/h12,21H,7-11H2,1-4H3;5-8,21H,9-13H2,1-2H3;19H,6-12H2,1-3H3,(H,20,26);18H,6-10H2,1-3H3;4*(H,6,7). The summed E-state index contributed by atoms with van der Waals surface area (Å²) in [5.41, 5.74) is 4.66. The first-order valence-electron chi connectivity index (χ1n) is 42.6. The number of aromatic nitrogens is 20. The third-order valence-corrected chi connectivity index (χ3v) is 24.7. The SMILES string of the molecule is CC#CCn1c(N2CCNCC2)nc2nc(SCCNC(C)=O)n(C)c(=O)c21.CC#CCn1c(N2CCNCC2)nc2nc(Sc3ccc([N+](=O)[O-])cc3)n(C)c(=O)c21.CC#CCn1c(N2CCNCC2)nc2nc(Sc3nc(C)cc(C)n3)n(C)c(=O)c21.CC#CCn1c(N2CCNCC2)nc2nc(Sc3nnc(C)s3)n(C)c(=O)c21.O=C(O)C(F)(F)F.O=C(O)C(F)(F)F.O=C(O)C(F)(F)F.O=C(O)C(F)(F)F. The number of alkyl halides is 12. The van der Waals surface area contributed by atoms with Crippen LogP contribution in [0.3, 0.4) is 0 Å². The molecule has 10 aromatic heterocycles. The van der Waals surface area contributed by atoms with Crippen molar-refractivity contribution in [1.82, 2.24) is 123 Å².